The molecule has 0 aliphatic heterocycles. The van der Waals surface area contributed by atoms with Crippen LogP contribution in [0.25, 0.3) is 0 Å². The topological polar surface area (TPSA) is 32.5 Å². The van der Waals surface area contributed by atoms with Gasteiger partial charge in [-0.25, -0.2) is 0 Å². The summed E-state index contributed by atoms with van der Waals surface area (Å²) in [4.78, 5) is 4.70. The van der Waals surface area contributed by atoms with Crippen molar-refractivity contribution in [1.29, 1.82) is 0 Å². The van der Waals surface area contributed by atoms with Gasteiger partial charge in [0.05, 0.1) is 0 Å². The Hall–Kier alpha value is -1.06. The van der Waals surface area contributed by atoms with Crippen LogP contribution >= 0.6 is 0 Å². The molecule has 112 valence electrons. The molecule has 1 aromatic carbocycles. The van der Waals surface area contributed by atoms with Crippen molar-refractivity contribution >= 4 is 5.69 Å². The second-order valence-corrected chi connectivity index (χ2v) is 6.47. The molecule has 1 unspecified atom stereocenters. The largest absolute Gasteiger partial charge is 0.378 e. The Bertz CT molecular complexity index is 407. The van der Waals surface area contributed by atoms with Crippen LogP contribution < -0.4 is 10.6 Å². The van der Waals surface area contributed by atoms with Crippen molar-refractivity contribution in [3.63, 3.8) is 0 Å². The average molecular weight is 275 g/mol. The van der Waals surface area contributed by atoms with Gasteiger partial charge in [0.25, 0.3) is 0 Å². The maximum Gasteiger partial charge on any atom is 0.0473 e. The van der Waals surface area contributed by atoms with Gasteiger partial charge in [0.1, 0.15) is 0 Å². The summed E-state index contributed by atoms with van der Waals surface area (Å²) in [6, 6.07) is 9.72. The standard InChI is InChI=1S/C17H29N3/c1-13(2)20(12-14-5-6-14)17(11-18)15-7-9-16(10-8-15)19(3)4/h7-10,13-14,17H,5-6,11-12,18H2,1-4H3. The number of hydrogen-bond acceptors (Lipinski definition) is 3. The Morgan fingerprint density at radius 1 is 1.15 bits per heavy atom. The third-order valence-corrected chi connectivity index (χ3v) is 4.25. The summed E-state index contributed by atoms with van der Waals surface area (Å²) in [7, 11) is 4.14. The molecule has 1 fully saturated rings. The van der Waals surface area contributed by atoms with E-state index in [1.54, 1.807) is 0 Å². The average Bonchev–Trinajstić information content (AvgIpc) is 3.23. The molecule has 0 radical (unpaired) electrons. The second kappa shape index (κ2) is 6.59. The number of anilines is 1. The normalized spacial score (nSPS) is 16.8. The van der Waals surface area contributed by atoms with E-state index in [1.165, 1.54) is 30.6 Å². The first-order valence-corrected chi connectivity index (χ1v) is 7.76. The van der Waals surface area contributed by atoms with Crippen LogP contribution in [0, 0.1) is 5.92 Å². The van der Waals surface area contributed by atoms with E-state index in [-0.39, 0.29) is 0 Å². The van der Waals surface area contributed by atoms with E-state index in [1.807, 2.05) is 0 Å². The first-order valence-electron chi connectivity index (χ1n) is 7.76. The Labute approximate surface area is 123 Å². The van der Waals surface area contributed by atoms with Gasteiger partial charge in [-0.2, -0.15) is 0 Å². The lowest BCUT2D eigenvalue weighted by atomic mass is 10.0. The Morgan fingerprint density at radius 3 is 2.15 bits per heavy atom. The molecule has 0 bridgehead atoms. The Morgan fingerprint density at radius 2 is 1.75 bits per heavy atom. The first-order chi connectivity index (χ1) is 9.52. The quantitative estimate of drug-likeness (QED) is 0.830. The number of nitrogens with two attached hydrogens (primary N) is 1. The summed E-state index contributed by atoms with van der Waals surface area (Å²) in [6.07, 6.45) is 2.78. The van der Waals surface area contributed by atoms with Crippen LogP contribution in [0.3, 0.4) is 0 Å². The van der Waals surface area contributed by atoms with E-state index < -0.39 is 0 Å². The highest BCUT2D eigenvalue weighted by molar-refractivity contribution is 5.46. The molecule has 1 aliphatic carbocycles. The fourth-order valence-corrected chi connectivity index (χ4v) is 2.75. The highest BCUT2D eigenvalue weighted by Crippen LogP contribution is 2.34. The maximum absolute atomic E-state index is 6.09. The van der Waals surface area contributed by atoms with Crippen LogP contribution in [0.2, 0.25) is 0 Å². The van der Waals surface area contributed by atoms with E-state index in [0.29, 0.717) is 18.6 Å². The zero-order valence-electron chi connectivity index (χ0n) is 13.3. The molecule has 0 aromatic heterocycles. The second-order valence-electron chi connectivity index (χ2n) is 6.47. The molecule has 1 aromatic rings. The molecule has 1 aliphatic rings. The first kappa shape index (κ1) is 15.3. The minimum atomic E-state index is 0.340. The number of nitrogens with zero attached hydrogens (tertiary/aromatic N) is 2. The SMILES string of the molecule is CC(C)N(CC1CC1)C(CN)c1ccc(N(C)C)cc1. The fourth-order valence-electron chi connectivity index (χ4n) is 2.75. The van der Waals surface area contributed by atoms with Crippen LogP contribution in [0.1, 0.15) is 38.3 Å². The Kier molecular flexibility index (Phi) is 5.06. The number of hydrogen-bond donors (Lipinski definition) is 1. The molecule has 1 saturated carbocycles. The van der Waals surface area contributed by atoms with Crippen molar-refractivity contribution in [2.75, 3.05) is 32.1 Å². The zero-order chi connectivity index (χ0) is 14.7. The summed E-state index contributed by atoms with van der Waals surface area (Å²) in [5.74, 6) is 0.896. The molecule has 3 nitrogen and oxygen atoms in total. The third-order valence-electron chi connectivity index (χ3n) is 4.25. The molecule has 0 saturated heterocycles. The number of benzene rings is 1. The fraction of sp³-hybridized carbons (Fsp3) is 0.647. The number of rotatable bonds is 7. The lowest BCUT2D eigenvalue weighted by Crippen LogP contribution is -2.40. The third kappa shape index (κ3) is 3.74. The van der Waals surface area contributed by atoms with E-state index in [4.69, 9.17) is 5.73 Å². The van der Waals surface area contributed by atoms with Crippen LogP contribution in [0.4, 0.5) is 5.69 Å². The summed E-state index contributed by atoms with van der Waals surface area (Å²) < 4.78 is 0. The van der Waals surface area contributed by atoms with Crippen LogP contribution in [-0.2, 0) is 0 Å². The minimum Gasteiger partial charge on any atom is -0.378 e. The van der Waals surface area contributed by atoms with Crippen LogP contribution in [-0.4, -0.2) is 38.1 Å². The summed E-state index contributed by atoms with van der Waals surface area (Å²) in [6.45, 7) is 6.43. The molecule has 1 atom stereocenters. The van der Waals surface area contributed by atoms with Gasteiger partial charge >= 0.3 is 0 Å². The molecule has 0 heterocycles. The molecule has 2 N–H and O–H groups in total. The molecular weight excluding hydrogens is 246 g/mol. The minimum absolute atomic E-state index is 0.340. The van der Waals surface area contributed by atoms with Crippen molar-refractivity contribution in [2.45, 2.75) is 38.8 Å². The lowest BCUT2D eigenvalue weighted by Gasteiger charge is -2.35. The van der Waals surface area contributed by atoms with E-state index in [2.05, 4.69) is 62.0 Å². The summed E-state index contributed by atoms with van der Waals surface area (Å²) in [5, 5.41) is 0. The lowest BCUT2D eigenvalue weighted by molar-refractivity contribution is 0.149. The zero-order valence-corrected chi connectivity index (χ0v) is 13.3. The maximum atomic E-state index is 6.09. The molecule has 0 amide bonds. The highest BCUT2D eigenvalue weighted by atomic mass is 15.2. The van der Waals surface area contributed by atoms with Gasteiger partial charge in [-0.1, -0.05) is 12.1 Å². The van der Waals surface area contributed by atoms with Gasteiger partial charge in [-0.15, -0.1) is 0 Å². The summed E-state index contributed by atoms with van der Waals surface area (Å²) >= 11 is 0. The van der Waals surface area contributed by atoms with Gasteiger partial charge < -0.3 is 10.6 Å². The van der Waals surface area contributed by atoms with Crippen molar-refractivity contribution in [1.82, 2.24) is 4.90 Å². The predicted octanol–water partition coefficient (Wildman–Crippen LogP) is 2.87. The van der Waals surface area contributed by atoms with Crippen molar-refractivity contribution in [2.24, 2.45) is 11.7 Å². The van der Waals surface area contributed by atoms with E-state index in [0.717, 1.165) is 5.92 Å². The van der Waals surface area contributed by atoms with Crippen molar-refractivity contribution in [3.8, 4) is 0 Å². The highest BCUT2D eigenvalue weighted by Gasteiger charge is 2.29. The van der Waals surface area contributed by atoms with Crippen LogP contribution in [0.5, 0.6) is 0 Å². The smallest absolute Gasteiger partial charge is 0.0473 e. The monoisotopic (exact) mass is 275 g/mol. The van der Waals surface area contributed by atoms with Crippen molar-refractivity contribution in [3.05, 3.63) is 29.8 Å². The molecule has 3 heteroatoms. The molecule has 2 rings (SSSR count). The van der Waals surface area contributed by atoms with Gasteiger partial charge in [0, 0.05) is 45.0 Å². The van der Waals surface area contributed by atoms with E-state index >= 15 is 0 Å². The van der Waals surface area contributed by atoms with Crippen LogP contribution in [0.15, 0.2) is 24.3 Å². The Balaban J connectivity index is 2.15. The predicted molar refractivity (Wildman–Crippen MR) is 87.1 cm³/mol. The van der Waals surface area contributed by atoms with Gasteiger partial charge in [-0.3, -0.25) is 4.90 Å². The van der Waals surface area contributed by atoms with Gasteiger partial charge in [-0.05, 0) is 50.3 Å². The van der Waals surface area contributed by atoms with Crippen molar-refractivity contribution < 1.29 is 0 Å². The molecule has 20 heavy (non-hydrogen) atoms. The van der Waals surface area contributed by atoms with E-state index in [9.17, 15) is 0 Å². The molecule has 0 spiro atoms. The summed E-state index contributed by atoms with van der Waals surface area (Å²) in [5.41, 5.74) is 8.66. The van der Waals surface area contributed by atoms with Gasteiger partial charge in [0.15, 0.2) is 0 Å². The van der Waals surface area contributed by atoms with Gasteiger partial charge in [0.2, 0.25) is 0 Å². The molecular formula is C17H29N3.